The lowest BCUT2D eigenvalue weighted by atomic mass is 9.86. The first-order chi connectivity index (χ1) is 5.54. The number of nitrogens with two attached hydrogens (primary N) is 1. The highest BCUT2D eigenvalue weighted by molar-refractivity contribution is 5.98. The van der Waals surface area contributed by atoms with Gasteiger partial charge in [0, 0.05) is 5.41 Å². The molecule has 0 spiro atoms. The van der Waals surface area contributed by atoms with Gasteiger partial charge in [-0.3, -0.25) is 4.79 Å². The molecule has 13 heavy (non-hydrogen) atoms. The number of hydrogen-bond donors (Lipinski definition) is 1. The van der Waals surface area contributed by atoms with Crippen molar-refractivity contribution >= 4 is 5.78 Å². The van der Waals surface area contributed by atoms with Crippen LogP contribution in [-0.4, -0.2) is 5.78 Å². The van der Waals surface area contributed by atoms with E-state index in [4.69, 9.17) is 5.73 Å². The third kappa shape index (κ3) is 4.71. The van der Waals surface area contributed by atoms with E-state index in [-0.39, 0.29) is 16.6 Å². The minimum absolute atomic E-state index is 0.0161. The van der Waals surface area contributed by atoms with Gasteiger partial charge in [-0.1, -0.05) is 47.6 Å². The predicted molar refractivity (Wildman–Crippen MR) is 56.2 cm³/mol. The van der Waals surface area contributed by atoms with Crippen molar-refractivity contribution in [3.63, 3.8) is 0 Å². The van der Waals surface area contributed by atoms with Crippen molar-refractivity contribution in [3.05, 3.63) is 11.8 Å². The maximum Gasteiger partial charge on any atom is 0.183 e. The lowest BCUT2D eigenvalue weighted by molar-refractivity contribution is -0.122. The number of allylic oxidation sites excluding steroid dienone is 2. The van der Waals surface area contributed by atoms with Gasteiger partial charge in [-0.2, -0.15) is 0 Å². The van der Waals surface area contributed by atoms with Crippen LogP contribution in [0.25, 0.3) is 0 Å². The van der Waals surface area contributed by atoms with Crippen molar-refractivity contribution in [2.24, 2.45) is 16.6 Å². The minimum Gasteiger partial charge on any atom is -0.396 e. The number of Topliss-reactive ketones (excluding diaryl/α,β-unsaturated/α-hetero) is 1. The third-order valence-corrected chi connectivity index (χ3v) is 1.53. The van der Waals surface area contributed by atoms with Crippen molar-refractivity contribution in [2.45, 2.75) is 41.5 Å². The first kappa shape index (κ1) is 12.2. The van der Waals surface area contributed by atoms with Gasteiger partial charge in [-0.15, -0.1) is 0 Å². The first-order valence-corrected chi connectivity index (χ1v) is 4.57. The molecule has 0 bridgehead atoms. The fourth-order valence-electron chi connectivity index (χ4n) is 0.965. The van der Waals surface area contributed by atoms with Crippen LogP contribution in [0.2, 0.25) is 0 Å². The molecule has 2 heteroatoms. The maximum atomic E-state index is 11.6. The van der Waals surface area contributed by atoms with E-state index in [1.807, 2.05) is 47.6 Å². The Morgan fingerprint density at radius 3 is 1.69 bits per heavy atom. The molecule has 0 unspecified atom stereocenters. The Morgan fingerprint density at radius 1 is 1.08 bits per heavy atom. The van der Waals surface area contributed by atoms with Gasteiger partial charge in [-0.05, 0) is 5.41 Å². The summed E-state index contributed by atoms with van der Waals surface area (Å²) in [4.78, 5) is 11.6. The number of rotatable bonds is 1. The molecule has 0 rings (SSSR count). The summed E-state index contributed by atoms with van der Waals surface area (Å²) >= 11 is 0. The van der Waals surface area contributed by atoms with E-state index in [2.05, 4.69) is 0 Å². The molecular weight excluding hydrogens is 162 g/mol. The molecular formula is C11H21NO. The highest BCUT2D eigenvalue weighted by atomic mass is 16.1. The fourth-order valence-corrected chi connectivity index (χ4v) is 0.965. The molecule has 76 valence electrons. The largest absolute Gasteiger partial charge is 0.396 e. The summed E-state index contributed by atoms with van der Waals surface area (Å²) in [5.74, 6) is 0.0161. The summed E-state index contributed by atoms with van der Waals surface area (Å²) in [5.41, 5.74) is 5.66. The lowest BCUT2D eigenvalue weighted by Gasteiger charge is -2.19. The molecule has 0 radical (unpaired) electrons. The Balaban J connectivity index is 4.73. The van der Waals surface area contributed by atoms with Gasteiger partial charge in [0.05, 0.1) is 5.70 Å². The highest BCUT2D eigenvalue weighted by Crippen LogP contribution is 2.22. The second-order valence-electron chi connectivity index (χ2n) is 5.54. The van der Waals surface area contributed by atoms with E-state index >= 15 is 0 Å². The van der Waals surface area contributed by atoms with Gasteiger partial charge in [-0.25, -0.2) is 0 Å². The fraction of sp³-hybridized carbons (Fsp3) is 0.727. The summed E-state index contributed by atoms with van der Waals surface area (Å²) in [5, 5.41) is 0. The average molecular weight is 183 g/mol. The van der Waals surface area contributed by atoms with Crippen molar-refractivity contribution in [2.75, 3.05) is 0 Å². The molecule has 0 aliphatic heterocycles. The zero-order valence-electron chi connectivity index (χ0n) is 9.56. The zero-order valence-corrected chi connectivity index (χ0v) is 9.56. The summed E-state index contributed by atoms with van der Waals surface area (Å²) in [6.45, 7) is 11.7. The normalized spacial score (nSPS) is 14.5. The maximum absolute atomic E-state index is 11.6. The molecule has 0 fully saturated rings. The van der Waals surface area contributed by atoms with Crippen LogP contribution in [0.1, 0.15) is 41.5 Å². The number of ketones is 1. The van der Waals surface area contributed by atoms with Gasteiger partial charge >= 0.3 is 0 Å². The smallest absolute Gasteiger partial charge is 0.183 e. The zero-order chi connectivity index (χ0) is 10.9. The highest BCUT2D eigenvalue weighted by Gasteiger charge is 2.24. The van der Waals surface area contributed by atoms with Crippen LogP contribution >= 0.6 is 0 Å². The molecule has 0 aromatic heterocycles. The molecule has 0 aromatic rings. The molecule has 2 nitrogen and oxygen atoms in total. The monoisotopic (exact) mass is 183 g/mol. The van der Waals surface area contributed by atoms with Gasteiger partial charge in [0.15, 0.2) is 5.78 Å². The average Bonchev–Trinajstić information content (AvgIpc) is 1.79. The summed E-state index contributed by atoms with van der Waals surface area (Å²) < 4.78 is 0. The van der Waals surface area contributed by atoms with E-state index < -0.39 is 0 Å². The van der Waals surface area contributed by atoms with Crippen LogP contribution < -0.4 is 5.73 Å². The third-order valence-electron chi connectivity index (χ3n) is 1.53. The van der Waals surface area contributed by atoms with Crippen LogP contribution in [0, 0.1) is 10.8 Å². The topological polar surface area (TPSA) is 43.1 Å². The summed E-state index contributed by atoms with van der Waals surface area (Å²) in [6.07, 6.45) is 1.82. The summed E-state index contributed by atoms with van der Waals surface area (Å²) in [7, 11) is 0. The molecule has 0 saturated carbocycles. The van der Waals surface area contributed by atoms with Crippen LogP contribution in [0.15, 0.2) is 11.8 Å². The van der Waals surface area contributed by atoms with Gasteiger partial charge < -0.3 is 5.73 Å². The van der Waals surface area contributed by atoms with Crippen molar-refractivity contribution in [3.8, 4) is 0 Å². The molecule has 0 heterocycles. The first-order valence-electron chi connectivity index (χ1n) is 4.57. The van der Waals surface area contributed by atoms with E-state index in [0.717, 1.165) is 0 Å². The van der Waals surface area contributed by atoms with Gasteiger partial charge in [0.1, 0.15) is 0 Å². The molecule has 0 aliphatic rings. The predicted octanol–water partition coefficient (Wildman–Crippen LogP) is 2.49. The SMILES string of the molecule is CC(C)(C)C=C(N)C(=O)C(C)(C)C. The Labute approximate surface area is 81.2 Å². The lowest BCUT2D eigenvalue weighted by Crippen LogP contribution is -2.27. The van der Waals surface area contributed by atoms with Crippen LogP contribution in [0.5, 0.6) is 0 Å². The molecule has 0 aromatic carbocycles. The van der Waals surface area contributed by atoms with E-state index in [1.165, 1.54) is 0 Å². The quantitative estimate of drug-likeness (QED) is 0.635. The number of carbonyl (C=O) groups is 1. The molecule has 0 saturated heterocycles. The van der Waals surface area contributed by atoms with Gasteiger partial charge in [0.2, 0.25) is 0 Å². The van der Waals surface area contributed by atoms with Crippen LogP contribution in [0.3, 0.4) is 0 Å². The summed E-state index contributed by atoms with van der Waals surface area (Å²) in [6, 6.07) is 0. The Morgan fingerprint density at radius 2 is 1.46 bits per heavy atom. The Kier molecular flexibility index (Phi) is 3.31. The molecule has 0 amide bonds. The molecule has 0 atom stereocenters. The Bertz CT molecular complexity index is 225. The Hall–Kier alpha value is -0.790. The van der Waals surface area contributed by atoms with Gasteiger partial charge in [0.25, 0.3) is 0 Å². The molecule has 0 aliphatic carbocycles. The van der Waals surface area contributed by atoms with Crippen LogP contribution in [0.4, 0.5) is 0 Å². The van der Waals surface area contributed by atoms with Crippen molar-refractivity contribution in [1.29, 1.82) is 0 Å². The second-order valence-corrected chi connectivity index (χ2v) is 5.54. The van der Waals surface area contributed by atoms with Crippen molar-refractivity contribution < 1.29 is 4.79 Å². The molecule has 2 N–H and O–H groups in total. The van der Waals surface area contributed by atoms with Crippen LogP contribution in [-0.2, 0) is 4.79 Å². The number of carbonyl (C=O) groups excluding carboxylic acids is 1. The minimum atomic E-state index is -0.383. The van der Waals surface area contributed by atoms with E-state index in [9.17, 15) is 4.79 Å². The van der Waals surface area contributed by atoms with E-state index in [0.29, 0.717) is 5.70 Å². The van der Waals surface area contributed by atoms with Crippen molar-refractivity contribution in [1.82, 2.24) is 0 Å². The standard InChI is InChI=1S/C11H21NO/c1-10(2,3)7-8(12)9(13)11(4,5)6/h7H,12H2,1-6H3. The number of hydrogen-bond acceptors (Lipinski definition) is 2. The van der Waals surface area contributed by atoms with E-state index in [1.54, 1.807) is 0 Å². The second kappa shape index (κ2) is 3.52.